The fourth-order valence-corrected chi connectivity index (χ4v) is 3.71. The first-order valence-electron chi connectivity index (χ1n) is 8.35. The molecular formula is C16H32N4O. The predicted octanol–water partition coefficient (Wildman–Crippen LogP) is 0.645. The Kier molecular flexibility index (Phi) is 5.28. The van der Waals surface area contributed by atoms with Crippen LogP contribution in [0.1, 0.15) is 40.0 Å². The van der Waals surface area contributed by atoms with Gasteiger partial charge in [0.2, 0.25) is 5.91 Å². The van der Waals surface area contributed by atoms with Crippen LogP contribution in [0.4, 0.5) is 0 Å². The number of carbonyl (C=O) groups excluding carboxylic acids is 1. The second-order valence-corrected chi connectivity index (χ2v) is 7.34. The average molecular weight is 296 g/mol. The molecule has 1 saturated carbocycles. The van der Waals surface area contributed by atoms with Crippen molar-refractivity contribution < 1.29 is 4.79 Å². The van der Waals surface area contributed by atoms with Gasteiger partial charge in [0.05, 0.1) is 0 Å². The molecule has 5 nitrogen and oxygen atoms in total. The van der Waals surface area contributed by atoms with Gasteiger partial charge in [-0.1, -0.05) is 0 Å². The molecule has 0 radical (unpaired) electrons. The maximum atomic E-state index is 12.3. The van der Waals surface area contributed by atoms with Crippen molar-refractivity contribution in [2.75, 3.05) is 33.2 Å². The zero-order valence-corrected chi connectivity index (χ0v) is 14.1. The van der Waals surface area contributed by atoms with E-state index in [0.29, 0.717) is 12.0 Å². The molecule has 21 heavy (non-hydrogen) atoms. The maximum absolute atomic E-state index is 12.3. The molecule has 2 aliphatic rings. The van der Waals surface area contributed by atoms with E-state index in [4.69, 9.17) is 5.73 Å². The lowest BCUT2D eigenvalue weighted by molar-refractivity contribution is -0.127. The van der Waals surface area contributed by atoms with Crippen molar-refractivity contribution in [3.63, 3.8) is 0 Å². The van der Waals surface area contributed by atoms with Crippen LogP contribution >= 0.6 is 0 Å². The molecule has 3 N–H and O–H groups in total. The van der Waals surface area contributed by atoms with Crippen LogP contribution in [0.5, 0.6) is 0 Å². The second kappa shape index (κ2) is 6.63. The van der Waals surface area contributed by atoms with Crippen molar-refractivity contribution in [2.24, 2.45) is 11.7 Å². The number of nitrogens with zero attached hydrogens (tertiary/aromatic N) is 2. The number of amides is 1. The summed E-state index contributed by atoms with van der Waals surface area (Å²) >= 11 is 0. The Balaban J connectivity index is 2.15. The molecule has 2 atom stereocenters. The Morgan fingerprint density at radius 2 is 2.05 bits per heavy atom. The third-order valence-electron chi connectivity index (χ3n) is 4.90. The number of nitrogens with two attached hydrogens (primary N) is 1. The normalized spacial score (nSPS) is 28.3. The lowest BCUT2D eigenvalue weighted by Crippen LogP contribution is -2.65. The first-order valence-corrected chi connectivity index (χ1v) is 8.35. The molecule has 0 aromatic heterocycles. The van der Waals surface area contributed by atoms with Gasteiger partial charge in [0.25, 0.3) is 0 Å². The Morgan fingerprint density at radius 1 is 1.38 bits per heavy atom. The van der Waals surface area contributed by atoms with E-state index in [1.54, 1.807) is 0 Å². The number of rotatable bonds is 6. The van der Waals surface area contributed by atoms with Crippen molar-refractivity contribution >= 4 is 5.91 Å². The van der Waals surface area contributed by atoms with E-state index in [2.05, 4.69) is 42.9 Å². The van der Waals surface area contributed by atoms with Crippen LogP contribution in [0.2, 0.25) is 0 Å². The van der Waals surface area contributed by atoms with Crippen LogP contribution in [0.3, 0.4) is 0 Å². The molecule has 1 heterocycles. The van der Waals surface area contributed by atoms with Gasteiger partial charge in [0, 0.05) is 25.2 Å². The number of carbonyl (C=O) groups is 1. The second-order valence-electron chi connectivity index (χ2n) is 7.34. The quantitative estimate of drug-likeness (QED) is 0.755. The smallest absolute Gasteiger partial charge is 0.239 e. The molecule has 1 aliphatic heterocycles. The van der Waals surface area contributed by atoms with E-state index in [0.717, 1.165) is 45.4 Å². The Morgan fingerprint density at radius 3 is 2.57 bits per heavy atom. The van der Waals surface area contributed by atoms with E-state index in [9.17, 15) is 4.79 Å². The minimum Gasteiger partial charge on any atom is -0.368 e. The van der Waals surface area contributed by atoms with Gasteiger partial charge in [0.15, 0.2) is 0 Å². The van der Waals surface area contributed by atoms with Crippen LogP contribution < -0.4 is 11.1 Å². The molecular weight excluding hydrogens is 264 g/mol. The average Bonchev–Trinajstić information content (AvgIpc) is 3.18. The van der Waals surface area contributed by atoms with E-state index >= 15 is 0 Å². The fourth-order valence-electron chi connectivity index (χ4n) is 3.71. The van der Waals surface area contributed by atoms with Gasteiger partial charge in [-0.3, -0.25) is 15.0 Å². The molecule has 2 unspecified atom stereocenters. The van der Waals surface area contributed by atoms with Gasteiger partial charge >= 0.3 is 0 Å². The highest BCUT2D eigenvalue weighted by atomic mass is 16.1. The minimum atomic E-state index is -0.550. The van der Waals surface area contributed by atoms with Crippen molar-refractivity contribution in [2.45, 2.75) is 57.7 Å². The molecule has 0 bridgehead atoms. The summed E-state index contributed by atoms with van der Waals surface area (Å²) in [5.74, 6) is 0.231. The van der Waals surface area contributed by atoms with E-state index in [-0.39, 0.29) is 11.9 Å². The van der Waals surface area contributed by atoms with Crippen molar-refractivity contribution in [1.82, 2.24) is 15.1 Å². The first kappa shape index (κ1) is 16.7. The molecule has 1 aliphatic carbocycles. The van der Waals surface area contributed by atoms with Crippen molar-refractivity contribution in [3.8, 4) is 0 Å². The summed E-state index contributed by atoms with van der Waals surface area (Å²) in [4.78, 5) is 17.1. The highest BCUT2D eigenvalue weighted by molar-refractivity contribution is 5.86. The molecule has 0 aromatic carbocycles. The van der Waals surface area contributed by atoms with E-state index < -0.39 is 5.54 Å². The van der Waals surface area contributed by atoms with Crippen molar-refractivity contribution in [3.05, 3.63) is 0 Å². The van der Waals surface area contributed by atoms with Crippen LogP contribution in [0, 0.1) is 5.92 Å². The van der Waals surface area contributed by atoms with Crippen LogP contribution in [-0.4, -0.2) is 66.6 Å². The molecule has 1 saturated heterocycles. The van der Waals surface area contributed by atoms with Gasteiger partial charge in [-0.25, -0.2) is 0 Å². The number of likely N-dealkylation sites (N-methyl/N-ethyl adjacent to an activating group) is 1. The van der Waals surface area contributed by atoms with E-state index in [1.807, 2.05) is 0 Å². The fraction of sp³-hybridized carbons (Fsp3) is 0.938. The topological polar surface area (TPSA) is 61.6 Å². The van der Waals surface area contributed by atoms with Gasteiger partial charge in [0.1, 0.15) is 5.54 Å². The van der Waals surface area contributed by atoms with Gasteiger partial charge in [-0.2, -0.15) is 0 Å². The number of nitrogens with one attached hydrogen (secondary N) is 1. The Labute approximate surface area is 129 Å². The summed E-state index contributed by atoms with van der Waals surface area (Å²) in [5, 5.41) is 3.52. The largest absolute Gasteiger partial charge is 0.368 e. The summed E-state index contributed by atoms with van der Waals surface area (Å²) in [6.07, 6.45) is 3.39. The number of primary amides is 1. The van der Waals surface area contributed by atoms with Gasteiger partial charge in [-0.05, 0) is 66.1 Å². The molecule has 0 aromatic rings. The molecule has 1 amide bonds. The minimum absolute atomic E-state index is 0.177. The van der Waals surface area contributed by atoms with Crippen LogP contribution in [0.25, 0.3) is 0 Å². The summed E-state index contributed by atoms with van der Waals surface area (Å²) < 4.78 is 0. The summed E-state index contributed by atoms with van der Waals surface area (Å²) in [7, 11) is 2.18. The monoisotopic (exact) mass is 296 g/mol. The Bertz CT molecular complexity index is 369. The zero-order valence-electron chi connectivity index (χ0n) is 14.1. The van der Waals surface area contributed by atoms with E-state index in [1.165, 1.54) is 0 Å². The summed E-state index contributed by atoms with van der Waals surface area (Å²) in [6, 6.07) is 0.729. The predicted molar refractivity (Wildman–Crippen MR) is 86.1 cm³/mol. The summed E-state index contributed by atoms with van der Waals surface area (Å²) in [5.41, 5.74) is 5.30. The van der Waals surface area contributed by atoms with Crippen molar-refractivity contribution in [1.29, 1.82) is 0 Å². The summed E-state index contributed by atoms with van der Waals surface area (Å²) in [6.45, 7) is 10.4. The third-order valence-corrected chi connectivity index (χ3v) is 4.90. The van der Waals surface area contributed by atoms with Gasteiger partial charge < -0.3 is 10.6 Å². The number of hydrogen-bond acceptors (Lipinski definition) is 4. The molecule has 122 valence electrons. The molecule has 0 spiro atoms. The molecule has 2 rings (SSSR count). The highest BCUT2D eigenvalue weighted by Gasteiger charge is 2.51. The van der Waals surface area contributed by atoms with Crippen LogP contribution in [0.15, 0.2) is 0 Å². The molecule has 2 fully saturated rings. The SMILES string of the molecule is CC(C)NC(CN1CCCN(C)CC1C)(C(N)=O)C1CC1. The lowest BCUT2D eigenvalue weighted by atomic mass is 9.89. The van der Waals surface area contributed by atoms with Gasteiger partial charge in [-0.15, -0.1) is 0 Å². The third kappa shape index (κ3) is 3.96. The highest BCUT2D eigenvalue weighted by Crippen LogP contribution is 2.41. The maximum Gasteiger partial charge on any atom is 0.239 e. The lowest BCUT2D eigenvalue weighted by Gasteiger charge is -2.40. The number of hydrogen-bond donors (Lipinski definition) is 2. The zero-order chi connectivity index (χ0) is 15.6. The Hall–Kier alpha value is -0.650. The van der Waals surface area contributed by atoms with Crippen LogP contribution in [-0.2, 0) is 4.79 Å². The standard InChI is InChI=1S/C16H32N4O/c1-12(2)18-16(15(17)21,14-6-7-14)11-20-9-5-8-19(4)10-13(20)3/h12-14,18H,5-11H2,1-4H3,(H2,17,21). The molecule has 5 heteroatoms. The first-order chi connectivity index (χ1) is 9.85.